The third-order valence-corrected chi connectivity index (χ3v) is 6.75. The highest BCUT2D eigenvalue weighted by atomic mass is 16.5. The van der Waals surface area contributed by atoms with E-state index in [1.54, 1.807) is 6.20 Å². The van der Waals surface area contributed by atoms with Crippen LogP contribution in [0.3, 0.4) is 0 Å². The Kier molecular flexibility index (Phi) is 5.09. The normalized spacial score (nSPS) is 25.6. The zero-order valence-corrected chi connectivity index (χ0v) is 18.0. The second kappa shape index (κ2) is 7.92. The molecule has 0 bridgehead atoms. The number of fused-ring (bicyclic) bond motifs is 1. The van der Waals surface area contributed by atoms with Crippen molar-refractivity contribution < 1.29 is 9.32 Å². The number of benzene rings is 1. The van der Waals surface area contributed by atoms with Gasteiger partial charge in [0.15, 0.2) is 5.82 Å². The van der Waals surface area contributed by atoms with E-state index in [1.807, 2.05) is 30.7 Å². The highest BCUT2D eigenvalue weighted by Crippen LogP contribution is 2.50. The molecule has 2 aliphatic rings. The smallest absolute Gasteiger partial charge is 0.240 e. The lowest BCUT2D eigenvalue weighted by Gasteiger charge is -2.25. The number of aryl methyl sites for hydroxylation is 2. The van der Waals surface area contributed by atoms with Crippen LogP contribution in [0.4, 0.5) is 0 Å². The van der Waals surface area contributed by atoms with Crippen LogP contribution in [0.25, 0.3) is 0 Å². The minimum Gasteiger partial charge on any atom is -0.352 e. The van der Waals surface area contributed by atoms with Gasteiger partial charge in [-0.3, -0.25) is 9.69 Å². The summed E-state index contributed by atoms with van der Waals surface area (Å²) < 4.78 is 7.56. The molecule has 1 aliphatic carbocycles. The molecule has 3 heterocycles. The van der Waals surface area contributed by atoms with Crippen LogP contribution in [-0.2, 0) is 23.3 Å². The van der Waals surface area contributed by atoms with Gasteiger partial charge in [-0.05, 0) is 38.2 Å². The van der Waals surface area contributed by atoms with Crippen LogP contribution in [0.5, 0.6) is 0 Å². The number of hydrogen-bond donors (Lipinski definition) is 1. The molecule has 1 aliphatic heterocycles. The first-order chi connectivity index (χ1) is 15.0. The number of likely N-dealkylation sites (tertiary alicyclic amines) is 1. The minimum atomic E-state index is -0.209. The number of aromatic nitrogens is 4. The van der Waals surface area contributed by atoms with Gasteiger partial charge in [-0.2, -0.15) is 4.98 Å². The van der Waals surface area contributed by atoms with Gasteiger partial charge in [0.25, 0.3) is 0 Å². The lowest BCUT2D eigenvalue weighted by Crippen LogP contribution is -2.39. The molecule has 0 spiro atoms. The second-order valence-corrected chi connectivity index (χ2v) is 8.96. The Hall–Kier alpha value is -3.00. The van der Waals surface area contributed by atoms with Crippen molar-refractivity contribution in [1.82, 2.24) is 29.9 Å². The van der Waals surface area contributed by atoms with E-state index in [0.29, 0.717) is 24.2 Å². The molecule has 3 atom stereocenters. The predicted octanol–water partition coefficient (Wildman–Crippen LogP) is 2.23. The van der Waals surface area contributed by atoms with Gasteiger partial charge in [-0.25, -0.2) is 4.98 Å². The molecular formula is C23H28N6O2. The molecule has 8 heteroatoms. The van der Waals surface area contributed by atoms with Gasteiger partial charge in [-0.15, -0.1) is 0 Å². The van der Waals surface area contributed by atoms with E-state index in [0.717, 1.165) is 38.3 Å². The Labute approximate surface area is 181 Å². The molecule has 5 rings (SSSR count). The number of imidazole rings is 1. The average Bonchev–Trinajstić information content (AvgIpc) is 3.48. The van der Waals surface area contributed by atoms with Crippen molar-refractivity contribution in [1.29, 1.82) is 0 Å². The van der Waals surface area contributed by atoms with Crippen molar-refractivity contribution in [3.63, 3.8) is 0 Å². The Morgan fingerprint density at radius 3 is 2.84 bits per heavy atom. The van der Waals surface area contributed by atoms with Gasteiger partial charge in [0.2, 0.25) is 11.8 Å². The minimum absolute atomic E-state index is 0.0177. The maximum Gasteiger partial charge on any atom is 0.240 e. The fourth-order valence-electron chi connectivity index (χ4n) is 5.38. The zero-order valence-electron chi connectivity index (χ0n) is 18.0. The SMILES string of the molecule is Cc1noc([C@]23C[C@H](NC(=O)Cn4ccnc4C)C[C@H]2CN(Cc2ccccc2)C3)n1. The van der Waals surface area contributed by atoms with E-state index >= 15 is 0 Å². The largest absolute Gasteiger partial charge is 0.352 e. The third kappa shape index (κ3) is 3.87. The fraction of sp³-hybridized carbons (Fsp3) is 0.478. The number of rotatable bonds is 6. The number of amides is 1. The number of hydrogen-bond acceptors (Lipinski definition) is 6. The first-order valence-corrected chi connectivity index (χ1v) is 10.9. The summed E-state index contributed by atoms with van der Waals surface area (Å²) in [5.74, 6) is 2.61. The van der Waals surface area contributed by atoms with E-state index in [-0.39, 0.29) is 17.4 Å². The van der Waals surface area contributed by atoms with Gasteiger partial charge < -0.3 is 14.4 Å². The van der Waals surface area contributed by atoms with Crippen LogP contribution in [0.1, 0.15) is 35.9 Å². The summed E-state index contributed by atoms with van der Waals surface area (Å²) in [6, 6.07) is 10.6. The summed E-state index contributed by atoms with van der Waals surface area (Å²) >= 11 is 0. The number of carbonyl (C=O) groups is 1. The first kappa shape index (κ1) is 19.9. The molecule has 1 aromatic carbocycles. The molecule has 8 nitrogen and oxygen atoms in total. The first-order valence-electron chi connectivity index (χ1n) is 10.9. The molecule has 31 heavy (non-hydrogen) atoms. The van der Waals surface area contributed by atoms with E-state index in [4.69, 9.17) is 4.52 Å². The molecule has 1 saturated carbocycles. The number of nitrogens with one attached hydrogen (secondary N) is 1. The van der Waals surface area contributed by atoms with Crippen molar-refractivity contribution in [3.8, 4) is 0 Å². The Morgan fingerprint density at radius 1 is 1.29 bits per heavy atom. The van der Waals surface area contributed by atoms with Crippen LogP contribution in [0, 0.1) is 19.8 Å². The van der Waals surface area contributed by atoms with Gasteiger partial charge in [0, 0.05) is 38.1 Å². The molecule has 1 N–H and O–H groups in total. The quantitative estimate of drug-likeness (QED) is 0.658. The summed E-state index contributed by atoms with van der Waals surface area (Å²) in [4.78, 5) is 24.0. The van der Waals surface area contributed by atoms with Gasteiger partial charge in [0.1, 0.15) is 12.4 Å². The summed E-state index contributed by atoms with van der Waals surface area (Å²) in [7, 11) is 0. The average molecular weight is 421 g/mol. The molecular weight excluding hydrogens is 392 g/mol. The molecule has 1 amide bonds. The summed E-state index contributed by atoms with van der Waals surface area (Å²) in [6.07, 6.45) is 5.29. The fourth-order valence-corrected chi connectivity index (χ4v) is 5.38. The van der Waals surface area contributed by atoms with Gasteiger partial charge in [0.05, 0.1) is 5.41 Å². The van der Waals surface area contributed by atoms with Crippen LogP contribution >= 0.6 is 0 Å². The van der Waals surface area contributed by atoms with Crippen molar-refractivity contribution >= 4 is 5.91 Å². The van der Waals surface area contributed by atoms with Gasteiger partial charge in [-0.1, -0.05) is 35.5 Å². The lowest BCUT2D eigenvalue weighted by atomic mass is 9.80. The predicted molar refractivity (Wildman–Crippen MR) is 114 cm³/mol. The second-order valence-electron chi connectivity index (χ2n) is 8.96. The highest BCUT2D eigenvalue weighted by molar-refractivity contribution is 5.76. The van der Waals surface area contributed by atoms with Crippen LogP contribution in [0.15, 0.2) is 47.2 Å². The monoisotopic (exact) mass is 420 g/mol. The molecule has 3 aromatic rings. The molecule has 2 fully saturated rings. The Balaban J connectivity index is 1.31. The van der Waals surface area contributed by atoms with Crippen molar-refractivity contribution in [2.24, 2.45) is 5.92 Å². The Morgan fingerprint density at radius 2 is 2.13 bits per heavy atom. The van der Waals surface area contributed by atoms with Crippen molar-refractivity contribution in [2.45, 2.75) is 51.2 Å². The third-order valence-electron chi connectivity index (χ3n) is 6.75. The molecule has 2 aromatic heterocycles. The van der Waals surface area contributed by atoms with Crippen LogP contribution < -0.4 is 5.32 Å². The zero-order chi connectivity index (χ0) is 21.4. The molecule has 0 unspecified atom stereocenters. The van der Waals surface area contributed by atoms with Crippen molar-refractivity contribution in [2.75, 3.05) is 13.1 Å². The highest BCUT2D eigenvalue weighted by Gasteiger charge is 2.57. The van der Waals surface area contributed by atoms with Crippen molar-refractivity contribution in [3.05, 3.63) is 65.8 Å². The summed E-state index contributed by atoms with van der Waals surface area (Å²) in [5, 5.41) is 7.31. The standard InChI is InChI=1S/C23H28N6O2/c1-16-25-22(31-27-16)23-11-20(26-21(30)14-29-9-8-24-17(29)2)10-19(23)13-28(15-23)12-18-6-4-3-5-7-18/h3-9,19-20H,10-15H2,1-2H3,(H,26,30)/t19-,20+,23-/m0/s1. The molecule has 0 radical (unpaired) electrons. The molecule has 1 saturated heterocycles. The molecule has 162 valence electrons. The van der Waals surface area contributed by atoms with Crippen LogP contribution in [-0.4, -0.2) is 49.6 Å². The van der Waals surface area contributed by atoms with E-state index in [2.05, 4.69) is 49.6 Å². The Bertz CT molecular complexity index is 1060. The van der Waals surface area contributed by atoms with E-state index < -0.39 is 0 Å². The van der Waals surface area contributed by atoms with Crippen LogP contribution in [0.2, 0.25) is 0 Å². The maximum atomic E-state index is 12.7. The maximum absolute atomic E-state index is 12.7. The van der Waals surface area contributed by atoms with E-state index in [1.165, 1.54) is 5.56 Å². The topological polar surface area (TPSA) is 89.1 Å². The summed E-state index contributed by atoms with van der Waals surface area (Å²) in [5.41, 5.74) is 1.10. The summed E-state index contributed by atoms with van der Waals surface area (Å²) in [6.45, 7) is 6.78. The number of nitrogens with zero attached hydrogens (tertiary/aromatic N) is 5. The van der Waals surface area contributed by atoms with E-state index in [9.17, 15) is 4.79 Å². The number of carbonyl (C=O) groups excluding carboxylic acids is 1. The lowest BCUT2D eigenvalue weighted by molar-refractivity contribution is -0.122. The van der Waals surface area contributed by atoms with Gasteiger partial charge >= 0.3 is 0 Å².